The lowest BCUT2D eigenvalue weighted by Gasteiger charge is -2.11. The SMILES string of the molecule is CCN[C@H](C)CNC(=O)c1nc2ncc(Br)cn2n1. The van der Waals surface area contributed by atoms with Gasteiger partial charge in [0.25, 0.3) is 11.7 Å². The third-order valence-corrected chi connectivity index (χ3v) is 2.90. The van der Waals surface area contributed by atoms with Crippen LogP contribution in [0.5, 0.6) is 0 Å². The predicted molar refractivity (Wildman–Crippen MR) is 74.0 cm³/mol. The molecular weight excluding hydrogens is 312 g/mol. The number of nitrogens with one attached hydrogen (secondary N) is 2. The van der Waals surface area contributed by atoms with Crippen molar-refractivity contribution in [2.45, 2.75) is 19.9 Å². The summed E-state index contributed by atoms with van der Waals surface area (Å²) >= 11 is 3.29. The maximum absolute atomic E-state index is 11.9. The first-order chi connectivity index (χ1) is 9.10. The van der Waals surface area contributed by atoms with Gasteiger partial charge in [-0.05, 0) is 29.4 Å². The predicted octanol–water partition coefficient (Wildman–Crippen LogP) is 0.615. The van der Waals surface area contributed by atoms with Gasteiger partial charge in [0.05, 0.1) is 4.47 Å². The molecule has 0 saturated carbocycles. The van der Waals surface area contributed by atoms with E-state index in [4.69, 9.17) is 0 Å². The zero-order chi connectivity index (χ0) is 13.8. The van der Waals surface area contributed by atoms with Crippen LogP contribution >= 0.6 is 15.9 Å². The van der Waals surface area contributed by atoms with Crippen LogP contribution in [0.2, 0.25) is 0 Å². The number of hydrogen-bond acceptors (Lipinski definition) is 5. The van der Waals surface area contributed by atoms with Crippen molar-refractivity contribution in [2.24, 2.45) is 0 Å². The minimum Gasteiger partial charge on any atom is -0.348 e. The lowest BCUT2D eigenvalue weighted by atomic mass is 10.3. The largest absolute Gasteiger partial charge is 0.348 e. The Morgan fingerprint density at radius 1 is 1.58 bits per heavy atom. The highest BCUT2D eigenvalue weighted by Crippen LogP contribution is 2.07. The molecule has 2 N–H and O–H groups in total. The molecular formula is C11H15BrN6O. The molecule has 0 spiro atoms. The van der Waals surface area contributed by atoms with E-state index in [1.807, 2.05) is 13.8 Å². The number of nitrogens with zero attached hydrogens (tertiary/aromatic N) is 4. The third-order valence-electron chi connectivity index (χ3n) is 2.49. The summed E-state index contributed by atoms with van der Waals surface area (Å²) in [6, 6.07) is 0.207. The molecule has 0 fully saturated rings. The number of likely N-dealkylation sites (N-methyl/N-ethyl adjacent to an activating group) is 1. The van der Waals surface area contributed by atoms with Crippen molar-refractivity contribution < 1.29 is 4.79 Å². The second-order valence-corrected chi connectivity index (χ2v) is 5.04. The number of carbonyl (C=O) groups excluding carboxylic acids is 1. The average Bonchev–Trinajstić information content (AvgIpc) is 2.79. The van der Waals surface area contributed by atoms with Crippen LogP contribution in [-0.2, 0) is 0 Å². The first kappa shape index (κ1) is 13.9. The van der Waals surface area contributed by atoms with Crippen molar-refractivity contribution in [3.8, 4) is 0 Å². The number of fused-ring (bicyclic) bond motifs is 1. The van der Waals surface area contributed by atoms with E-state index in [0.717, 1.165) is 11.0 Å². The van der Waals surface area contributed by atoms with Crippen molar-refractivity contribution in [1.29, 1.82) is 0 Å². The molecule has 8 heteroatoms. The molecule has 2 aromatic rings. The molecule has 0 aromatic carbocycles. The lowest BCUT2D eigenvalue weighted by molar-refractivity contribution is 0.0940. The fourth-order valence-corrected chi connectivity index (χ4v) is 1.90. The zero-order valence-corrected chi connectivity index (χ0v) is 12.3. The number of rotatable bonds is 5. The van der Waals surface area contributed by atoms with Crippen molar-refractivity contribution in [1.82, 2.24) is 30.2 Å². The van der Waals surface area contributed by atoms with Gasteiger partial charge < -0.3 is 10.6 Å². The first-order valence-corrected chi connectivity index (χ1v) is 6.79. The number of halogens is 1. The van der Waals surface area contributed by atoms with E-state index in [2.05, 4.69) is 41.6 Å². The Morgan fingerprint density at radius 2 is 2.37 bits per heavy atom. The van der Waals surface area contributed by atoms with E-state index in [0.29, 0.717) is 12.3 Å². The monoisotopic (exact) mass is 326 g/mol. The van der Waals surface area contributed by atoms with E-state index in [9.17, 15) is 4.79 Å². The summed E-state index contributed by atoms with van der Waals surface area (Å²) in [5, 5.41) is 10.1. The molecule has 0 unspecified atom stereocenters. The van der Waals surface area contributed by atoms with E-state index < -0.39 is 0 Å². The van der Waals surface area contributed by atoms with E-state index in [-0.39, 0.29) is 17.8 Å². The molecule has 2 rings (SSSR count). The summed E-state index contributed by atoms with van der Waals surface area (Å²) in [5.74, 6) is 0.216. The molecule has 0 radical (unpaired) electrons. The molecule has 19 heavy (non-hydrogen) atoms. The van der Waals surface area contributed by atoms with Gasteiger partial charge >= 0.3 is 0 Å². The van der Waals surface area contributed by atoms with Crippen LogP contribution in [-0.4, -0.2) is 44.6 Å². The van der Waals surface area contributed by atoms with Crippen LogP contribution in [0.25, 0.3) is 5.78 Å². The van der Waals surface area contributed by atoms with Crippen molar-refractivity contribution in [2.75, 3.05) is 13.1 Å². The average molecular weight is 327 g/mol. The van der Waals surface area contributed by atoms with Gasteiger partial charge in [-0.1, -0.05) is 6.92 Å². The second-order valence-electron chi connectivity index (χ2n) is 4.12. The van der Waals surface area contributed by atoms with Gasteiger partial charge in [0.15, 0.2) is 0 Å². The standard InChI is InChI=1S/C11H15BrN6O/c1-3-13-7(2)4-14-10(19)9-16-11-15-5-8(12)6-18(11)17-9/h5-7,13H,3-4H2,1-2H3,(H,14,19)/t7-/m1/s1. The molecule has 0 bridgehead atoms. The van der Waals surface area contributed by atoms with Gasteiger partial charge in [-0.2, -0.15) is 4.98 Å². The molecule has 0 aliphatic carbocycles. The fraction of sp³-hybridized carbons (Fsp3) is 0.455. The van der Waals surface area contributed by atoms with Crippen LogP contribution in [0.4, 0.5) is 0 Å². The molecule has 102 valence electrons. The number of amides is 1. The van der Waals surface area contributed by atoms with Crippen LogP contribution in [0.3, 0.4) is 0 Å². The number of aromatic nitrogens is 4. The molecule has 0 aliphatic heterocycles. The summed E-state index contributed by atoms with van der Waals surface area (Å²) in [4.78, 5) is 20.0. The minimum atomic E-state index is -0.300. The summed E-state index contributed by atoms with van der Waals surface area (Å²) < 4.78 is 2.24. The Bertz CT molecular complexity index is 584. The van der Waals surface area contributed by atoms with Gasteiger partial charge in [0, 0.05) is 25.0 Å². The Labute approximate surface area is 118 Å². The maximum atomic E-state index is 11.9. The van der Waals surface area contributed by atoms with E-state index in [1.165, 1.54) is 4.52 Å². The van der Waals surface area contributed by atoms with Crippen molar-refractivity contribution in [3.05, 3.63) is 22.7 Å². The second kappa shape index (κ2) is 6.07. The van der Waals surface area contributed by atoms with Crippen molar-refractivity contribution in [3.63, 3.8) is 0 Å². The van der Waals surface area contributed by atoms with E-state index in [1.54, 1.807) is 12.4 Å². The maximum Gasteiger partial charge on any atom is 0.291 e. The Balaban J connectivity index is 2.05. The van der Waals surface area contributed by atoms with Crippen LogP contribution in [0.15, 0.2) is 16.9 Å². The minimum absolute atomic E-state index is 0.120. The first-order valence-electron chi connectivity index (χ1n) is 5.99. The van der Waals surface area contributed by atoms with Crippen LogP contribution < -0.4 is 10.6 Å². The Kier molecular flexibility index (Phi) is 4.43. The topological polar surface area (TPSA) is 84.2 Å². The highest BCUT2D eigenvalue weighted by atomic mass is 79.9. The smallest absolute Gasteiger partial charge is 0.291 e. The van der Waals surface area contributed by atoms with Gasteiger partial charge in [-0.3, -0.25) is 4.79 Å². The summed E-state index contributed by atoms with van der Waals surface area (Å²) in [6.45, 7) is 5.41. The Morgan fingerprint density at radius 3 is 3.11 bits per heavy atom. The Hall–Kier alpha value is -1.54. The van der Waals surface area contributed by atoms with Gasteiger partial charge in [0.1, 0.15) is 0 Å². The molecule has 2 aromatic heterocycles. The van der Waals surface area contributed by atoms with Crippen LogP contribution in [0, 0.1) is 0 Å². The van der Waals surface area contributed by atoms with Gasteiger partial charge in [-0.15, -0.1) is 5.10 Å². The molecule has 7 nitrogen and oxygen atoms in total. The lowest BCUT2D eigenvalue weighted by Crippen LogP contribution is -2.39. The van der Waals surface area contributed by atoms with Crippen molar-refractivity contribution >= 4 is 27.6 Å². The molecule has 1 amide bonds. The molecule has 0 aliphatic rings. The summed E-state index contributed by atoms with van der Waals surface area (Å²) in [7, 11) is 0. The van der Waals surface area contributed by atoms with Gasteiger partial charge in [-0.25, -0.2) is 9.50 Å². The zero-order valence-electron chi connectivity index (χ0n) is 10.7. The highest BCUT2D eigenvalue weighted by Gasteiger charge is 2.14. The third kappa shape index (κ3) is 3.48. The van der Waals surface area contributed by atoms with Gasteiger partial charge in [0.2, 0.25) is 5.82 Å². The summed E-state index contributed by atoms with van der Waals surface area (Å²) in [6.07, 6.45) is 3.31. The number of hydrogen-bond donors (Lipinski definition) is 2. The van der Waals surface area contributed by atoms with Crippen LogP contribution in [0.1, 0.15) is 24.5 Å². The highest BCUT2D eigenvalue weighted by molar-refractivity contribution is 9.10. The number of carbonyl (C=O) groups is 1. The molecule has 0 saturated heterocycles. The fourth-order valence-electron chi connectivity index (χ4n) is 1.60. The van der Waals surface area contributed by atoms with E-state index >= 15 is 0 Å². The quantitative estimate of drug-likeness (QED) is 0.841. The normalized spacial score (nSPS) is 12.6. The molecule has 1 atom stereocenters. The summed E-state index contributed by atoms with van der Waals surface area (Å²) in [5.41, 5.74) is 0. The molecule has 2 heterocycles.